The van der Waals surface area contributed by atoms with Gasteiger partial charge in [-0.15, -0.1) is 0 Å². The van der Waals surface area contributed by atoms with Gasteiger partial charge in [0.05, 0.1) is 11.0 Å². The molecule has 3 nitrogen and oxygen atoms in total. The van der Waals surface area contributed by atoms with Crippen LogP contribution in [0.3, 0.4) is 0 Å². The van der Waals surface area contributed by atoms with E-state index < -0.39 is 0 Å². The SMILES string of the molecule is CC1CC1c1nc2ccc(C(=O)c3ccccc3)cc2[nH]1. The van der Waals surface area contributed by atoms with Gasteiger partial charge in [0.15, 0.2) is 5.78 Å². The Morgan fingerprint density at radius 3 is 2.62 bits per heavy atom. The number of hydrogen-bond acceptors (Lipinski definition) is 2. The maximum Gasteiger partial charge on any atom is 0.193 e. The number of imidazole rings is 1. The average molecular weight is 276 g/mol. The Balaban J connectivity index is 1.72. The minimum atomic E-state index is 0.0495. The minimum absolute atomic E-state index is 0.0495. The van der Waals surface area contributed by atoms with E-state index in [1.807, 2.05) is 48.5 Å². The van der Waals surface area contributed by atoms with Gasteiger partial charge in [-0.05, 0) is 30.5 Å². The molecule has 1 aliphatic carbocycles. The van der Waals surface area contributed by atoms with Crippen LogP contribution in [0.2, 0.25) is 0 Å². The van der Waals surface area contributed by atoms with Gasteiger partial charge in [0.2, 0.25) is 0 Å². The fraction of sp³-hybridized carbons (Fsp3) is 0.222. The van der Waals surface area contributed by atoms with Gasteiger partial charge in [-0.25, -0.2) is 4.98 Å². The summed E-state index contributed by atoms with van der Waals surface area (Å²) in [5.41, 5.74) is 3.31. The zero-order valence-corrected chi connectivity index (χ0v) is 11.8. The first-order valence-corrected chi connectivity index (χ1v) is 7.32. The van der Waals surface area contributed by atoms with Gasteiger partial charge < -0.3 is 4.98 Å². The van der Waals surface area contributed by atoms with Crippen LogP contribution >= 0.6 is 0 Å². The third-order valence-corrected chi connectivity index (χ3v) is 4.26. The Hall–Kier alpha value is -2.42. The fourth-order valence-electron chi connectivity index (χ4n) is 2.81. The highest BCUT2D eigenvalue weighted by atomic mass is 16.1. The number of ketones is 1. The van der Waals surface area contributed by atoms with Crippen molar-refractivity contribution in [1.29, 1.82) is 0 Å². The summed E-state index contributed by atoms with van der Waals surface area (Å²) in [6.07, 6.45) is 1.20. The van der Waals surface area contributed by atoms with Gasteiger partial charge in [0.1, 0.15) is 5.82 Å². The molecule has 0 spiro atoms. The number of aromatic nitrogens is 2. The molecule has 3 heteroatoms. The number of H-pyrrole nitrogens is 1. The Morgan fingerprint density at radius 1 is 1.14 bits per heavy atom. The molecule has 0 radical (unpaired) electrons. The van der Waals surface area contributed by atoms with E-state index in [9.17, 15) is 4.79 Å². The van der Waals surface area contributed by atoms with Crippen molar-refractivity contribution in [2.24, 2.45) is 5.92 Å². The lowest BCUT2D eigenvalue weighted by molar-refractivity contribution is 0.103. The maximum atomic E-state index is 12.5. The summed E-state index contributed by atoms with van der Waals surface area (Å²) in [7, 11) is 0. The Kier molecular flexibility index (Phi) is 2.67. The van der Waals surface area contributed by atoms with Crippen molar-refractivity contribution in [1.82, 2.24) is 9.97 Å². The molecule has 1 aliphatic rings. The van der Waals surface area contributed by atoms with Gasteiger partial charge in [0, 0.05) is 17.0 Å². The number of nitrogens with zero attached hydrogens (tertiary/aromatic N) is 1. The number of nitrogens with one attached hydrogen (secondary N) is 1. The fourth-order valence-corrected chi connectivity index (χ4v) is 2.81. The van der Waals surface area contributed by atoms with Gasteiger partial charge in [-0.2, -0.15) is 0 Å². The number of rotatable bonds is 3. The second kappa shape index (κ2) is 4.55. The Bertz CT molecular complexity index is 820. The monoisotopic (exact) mass is 276 g/mol. The molecule has 1 heterocycles. The lowest BCUT2D eigenvalue weighted by atomic mass is 10.0. The summed E-state index contributed by atoms with van der Waals surface area (Å²) in [5, 5.41) is 0. The van der Waals surface area contributed by atoms with Crippen molar-refractivity contribution in [2.75, 3.05) is 0 Å². The van der Waals surface area contributed by atoms with Crippen LogP contribution in [0.1, 0.15) is 41.0 Å². The molecule has 1 aromatic heterocycles. The van der Waals surface area contributed by atoms with Crippen LogP contribution in [-0.2, 0) is 0 Å². The maximum absolute atomic E-state index is 12.5. The molecule has 1 fully saturated rings. The van der Waals surface area contributed by atoms with E-state index in [1.54, 1.807) is 0 Å². The third-order valence-electron chi connectivity index (χ3n) is 4.26. The van der Waals surface area contributed by atoms with Crippen LogP contribution < -0.4 is 0 Å². The molecule has 4 rings (SSSR count). The molecule has 1 N–H and O–H groups in total. The van der Waals surface area contributed by atoms with Crippen LogP contribution in [-0.4, -0.2) is 15.8 Å². The van der Waals surface area contributed by atoms with Crippen molar-refractivity contribution in [2.45, 2.75) is 19.3 Å². The summed E-state index contributed by atoms with van der Waals surface area (Å²) < 4.78 is 0. The molecule has 0 amide bonds. The molecule has 0 aliphatic heterocycles. The number of carbonyl (C=O) groups excluding carboxylic acids is 1. The van der Waals surface area contributed by atoms with Gasteiger partial charge in [-0.1, -0.05) is 37.3 Å². The average Bonchev–Trinajstić information content (AvgIpc) is 3.10. The van der Waals surface area contributed by atoms with E-state index >= 15 is 0 Å². The normalized spacial score (nSPS) is 20.6. The van der Waals surface area contributed by atoms with E-state index in [0.29, 0.717) is 17.0 Å². The highest BCUT2D eigenvalue weighted by Crippen LogP contribution is 2.45. The largest absolute Gasteiger partial charge is 0.342 e. The lowest BCUT2D eigenvalue weighted by Crippen LogP contribution is -2.00. The minimum Gasteiger partial charge on any atom is -0.342 e. The van der Waals surface area contributed by atoms with E-state index in [0.717, 1.165) is 22.8 Å². The summed E-state index contributed by atoms with van der Waals surface area (Å²) in [6, 6.07) is 15.1. The van der Waals surface area contributed by atoms with Crippen LogP contribution in [0.15, 0.2) is 48.5 Å². The molecule has 0 bridgehead atoms. The van der Waals surface area contributed by atoms with E-state index in [-0.39, 0.29) is 5.78 Å². The third kappa shape index (κ3) is 2.15. The molecule has 2 aromatic carbocycles. The van der Waals surface area contributed by atoms with Crippen molar-refractivity contribution in [3.63, 3.8) is 0 Å². The summed E-state index contributed by atoms with van der Waals surface area (Å²) in [6.45, 7) is 2.24. The van der Waals surface area contributed by atoms with E-state index in [1.165, 1.54) is 6.42 Å². The number of hydrogen-bond donors (Lipinski definition) is 1. The molecular weight excluding hydrogens is 260 g/mol. The van der Waals surface area contributed by atoms with Gasteiger partial charge >= 0.3 is 0 Å². The quantitative estimate of drug-likeness (QED) is 0.737. The standard InChI is InChI=1S/C18H16N2O/c1-11-9-14(11)18-19-15-8-7-13(10-16(15)20-18)17(21)12-5-3-2-4-6-12/h2-8,10-11,14H,9H2,1H3,(H,19,20). The Morgan fingerprint density at radius 2 is 1.90 bits per heavy atom. The lowest BCUT2D eigenvalue weighted by Gasteiger charge is -2.00. The summed E-state index contributed by atoms with van der Waals surface area (Å²) in [4.78, 5) is 20.5. The van der Waals surface area contributed by atoms with E-state index in [2.05, 4.69) is 16.9 Å². The zero-order chi connectivity index (χ0) is 14.4. The first kappa shape index (κ1) is 12.3. The zero-order valence-electron chi connectivity index (χ0n) is 11.8. The second-order valence-electron chi connectivity index (χ2n) is 5.87. The van der Waals surface area contributed by atoms with Crippen LogP contribution in [0.4, 0.5) is 0 Å². The second-order valence-corrected chi connectivity index (χ2v) is 5.87. The first-order chi connectivity index (χ1) is 10.2. The van der Waals surface area contributed by atoms with E-state index in [4.69, 9.17) is 0 Å². The molecule has 1 saturated carbocycles. The van der Waals surface area contributed by atoms with Crippen molar-refractivity contribution in [3.05, 3.63) is 65.5 Å². The number of carbonyl (C=O) groups is 1. The highest BCUT2D eigenvalue weighted by Gasteiger charge is 2.36. The van der Waals surface area contributed by atoms with Gasteiger partial charge in [0.25, 0.3) is 0 Å². The molecule has 2 unspecified atom stereocenters. The molecule has 21 heavy (non-hydrogen) atoms. The predicted octanol–water partition coefficient (Wildman–Crippen LogP) is 3.92. The number of aromatic amines is 1. The smallest absolute Gasteiger partial charge is 0.193 e. The predicted molar refractivity (Wildman–Crippen MR) is 82.5 cm³/mol. The van der Waals surface area contributed by atoms with Crippen molar-refractivity contribution >= 4 is 16.8 Å². The van der Waals surface area contributed by atoms with Gasteiger partial charge in [-0.3, -0.25) is 4.79 Å². The van der Waals surface area contributed by atoms with Crippen LogP contribution in [0.5, 0.6) is 0 Å². The molecular formula is C18H16N2O. The topological polar surface area (TPSA) is 45.8 Å². The summed E-state index contributed by atoms with van der Waals surface area (Å²) in [5.74, 6) is 2.39. The molecule has 104 valence electrons. The molecule has 3 aromatic rings. The van der Waals surface area contributed by atoms with Crippen LogP contribution in [0, 0.1) is 5.92 Å². The Labute approximate surface area is 123 Å². The number of benzene rings is 2. The molecule has 2 atom stereocenters. The first-order valence-electron chi connectivity index (χ1n) is 7.32. The number of fused-ring (bicyclic) bond motifs is 1. The van der Waals surface area contributed by atoms with Crippen LogP contribution in [0.25, 0.3) is 11.0 Å². The molecule has 0 saturated heterocycles. The highest BCUT2D eigenvalue weighted by molar-refractivity contribution is 6.10. The van der Waals surface area contributed by atoms with Crippen molar-refractivity contribution < 1.29 is 4.79 Å². The van der Waals surface area contributed by atoms with Crippen molar-refractivity contribution in [3.8, 4) is 0 Å². The summed E-state index contributed by atoms with van der Waals surface area (Å²) >= 11 is 0.